The van der Waals surface area contributed by atoms with Crippen molar-refractivity contribution in [1.82, 2.24) is 30.8 Å². The lowest BCUT2D eigenvalue weighted by atomic mass is 10.2. The molecular formula is C19H26IN7OS. The summed E-state index contributed by atoms with van der Waals surface area (Å²) >= 11 is 1.72. The van der Waals surface area contributed by atoms with Crippen molar-refractivity contribution in [2.45, 2.75) is 33.4 Å². The van der Waals surface area contributed by atoms with Gasteiger partial charge in [0.25, 0.3) is 0 Å². The smallest absolute Gasteiger partial charge is 0.192 e. The number of aromatic nitrogens is 4. The van der Waals surface area contributed by atoms with Crippen LogP contribution < -0.4 is 15.4 Å². The van der Waals surface area contributed by atoms with E-state index in [0.29, 0.717) is 24.7 Å². The van der Waals surface area contributed by atoms with Gasteiger partial charge in [0.2, 0.25) is 0 Å². The predicted molar refractivity (Wildman–Crippen MR) is 127 cm³/mol. The van der Waals surface area contributed by atoms with Crippen molar-refractivity contribution in [3.63, 3.8) is 0 Å². The molecule has 0 saturated carbocycles. The molecule has 0 bridgehead atoms. The third-order valence-corrected chi connectivity index (χ3v) is 5.11. The summed E-state index contributed by atoms with van der Waals surface area (Å²) in [5.41, 5.74) is 0.924. The predicted octanol–water partition coefficient (Wildman–Crippen LogP) is 3.37. The van der Waals surface area contributed by atoms with Gasteiger partial charge in [-0.15, -0.1) is 35.3 Å². The van der Waals surface area contributed by atoms with E-state index in [4.69, 9.17) is 4.74 Å². The molecule has 0 spiro atoms. The summed E-state index contributed by atoms with van der Waals surface area (Å²) in [7, 11) is 1.64. The Morgan fingerprint density at radius 2 is 2.00 bits per heavy atom. The zero-order valence-electron chi connectivity index (χ0n) is 16.7. The van der Waals surface area contributed by atoms with Gasteiger partial charge in [0.1, 0.15) is 23.1 Å². The number of hydrogen-bond acceptors (Lipinski definition) is 6. The van der Waals surface area contributed by atoms with Crippen molar-refractivity contribution in [2.75, 3.05) is 13.7 Å². The molecule has 10 heteroatoms. The Bertz CT molecular complexity index is 907. The Morgan fingerprint density at radius 3 is 2.66 bits per heavy atom. The lowest BCUT2D eigenvalue weighted by Crippen LogP contribution is -2.36. The molecule has 0 saturated heterocycles. The molecule has 29 heavy (non-hydrogen) atoms. The SMILES string of the molecule is CCNC(=NCc1nc(-c2ccc(OC)cc2)n[nH]1)NCc1ncc(CC)s1.I. The molecule has 0 aliphatic heterocycles. The fourth-order valence-corrected chi connectivity index (χ4v) is 3.29. The Labute approximate surface area is 191 Å². The highest BCUT2D eigenvalue weighted by Crippen LogP contribution is 2.19. The second-order valence-electron chi connectivity index (χ2n) is 5.96. The molecule has 0 radical (unpaired) electrons. The van der Waals surface area contributed by atoms with Crippen LogP contribution in [-0.4, -0.2) is 39.8 Å². The number of aryl methyl sites for hydroxylation is 1. The standard InChI is InChI=1S/C19H25N7OS.HI/c1-4-15-10-21-17(28-15)12-23-19(20-5-2)22-11-16-24-18(26-25-16)13-6-8-14(27-3)9-7-13;/h6-10H,4-5,11-12H2,1-3H3,(H2,20,22,23)(H,24,25,26);1H. The van der Waals surface area contributed by atoms with E-state index in [1.165, 1.54) is 4.88 Å². The van der Waals surface area contributed by atoms with Gasteiger partial charge in [0, 0.05) is 23.2 Å². The Hall–Kier alpha value is -2.21. The monoisotopic (exact) mass is 527 g/mol. The van der Waals surface area contributed by atoms with Crippen molar-refractivity contribution in [1.29, 1.82) is 0 Å². The van der Waals surface area contributed by atoms with Gasteiger partial charge in [-0.05, 0) is 37.6 Å². The zero-order chi connectivity index (χ0) is 19.8. The molecule has 1 aromatic carbocycles. The van der Waals surface area contributed by atoms with Crippen molar-refractivity contribution in [2.24, 2.45) is 4.99 Å². The highest BCUT2D eigenvalue weighted by molar-refractivity contribution is 14.0. The summed E-state index contributed by atoms with van der Waals surface area (Å²) in [6.07, 6.45) is 2.94. The van der Waals surface area contributed by atoms with E-state index in [2.05, 4.69) is 42.7 Å². The molecule has 3 rings (SSSR count). The van der Waals surface area contributed by atoms with Gasteiger partial charge in [-0.25, -0.2) is 15.0 Å². The van der Waals surface area contributed by atoms with Crippen LogP contribution in [0.4, 0.5) is 0 Å². The number of rotatable bonds is 8. The third kappa shape index (κ3) is 6.67. The maximum Gasteiger partial charge on any atom is 0.192 e. The van der Waals surface area contributed by atoms with Crippen LogP contribution >= 0.6 is 35.3 Å². The Morgan fingerprint density at radius 1 is 1.21 bits per heavy atom. The fraction of sp³-hybridized carbons (Fsp3) is 0.368. The summed E-state index contributed by atoms with van der Waals surface area (Å²) in [5, 5.41) is 14.8. The second kappa shape index (κ2) is 11.7. The van der Waals surface area contributed by atoms with Crippen LogP contribution in [0.2, 0.25) is 0 Å². The van der Waals surface area contributed by atoms with Crippen LogP contribution in [0.15, 0.2) is 35.5 Å². The minimum absolute atomic E-state index is 0. The fourth-order valence-electron chi connectivity index (χ4n) is 2.48. The lowest BCUT2D eigenvalue weighted by Gasteiger charge is -2.09. The number of H-pyrrole nitrogens is 1. The summed E-state index contributed by atoms with van der Waals surface area (Å²) in [5.74, 6) is 2.86. The molecule has 3 aromatic rings. The third-order valence-electron chi connectivity index (χ3n) is 3.97. The first-order valence-corrected chi connectivity index (χ1v) is 10.0. The molecule has 156 valence electrons. The van der Waals surface area contributed by atoms with E-state index in [-0.39, 0.29) is 24.0 Å². The number of aliphatic imine (C=N–C) groups is 1. The van der Waals surface area contributed by atoms with E-state index in [1.54, 1.807) is 18.4 Å². The van der Waals surface area contributed by atoms with Gasteiger partial charge >= 0.3 is 0 Å². The highest BCUT2D eigenvalue weighted by Gasteiger charge is 2.07. The molecule has 3 N–H and O–H groups in total. The van der Waals surface area contributed by atoms with E-state index in [0.717, 1.165) is 35.2 Å². The number of guanidine groups is 1. The average Bonchev–Trinajstić information content (AvgIpc) is 3.39. The summed E-state index contributed by atoms with van der Waals surface area (Å²) in [4.78, 5) is 14.8. The maximum absolute atomic E-state index is 5.18. The van der Waals surface area contributed by atoms with Gasteiger partial charge in [0.15, 0.2) is 11.8 Å². The lowest BCUT2D eigenvalue weighted by molar-refractivity contribution is 0.415. The topological polar surface area (TPSA) is 100 Å². The van der Waals surface area contributed by atoms with Crippen molar-refractivity contribution in [3.05, 3.63) is 46.2 Å². The largest absolute Gasteiger partial charge is 0.497 e. The van der Waals surface area contributed by atoms with E-state index in [1.807, 2.05) is 37.4 Å². The molecule has 2 aromatic heterocycles. The number of halogens is 1. The summed E-state index contributed by atoms with van der Waals surface area (Å²) in [6, 6.07) is 7.64. The van der Waals surface area contributed by atoms with Crippen LogP contribution in [0.3, 0.4) is 0 Å². The minimum Gasteiger partial charge on any atom is -0.497 e. The molecule has 2 heterocycles. The van der Waals surface area contributed by atoms with Crippen molar-refractivity contribution in [3.8, 4) is 17.1 Å². The number of nitrogens with one attached hydrogen (secondary N) is 3. The molecule has 0 fully saturated rings. The quantitative estimate of drug-likeness (QED) is 0.236. The Kier molecular flexibility index (Phi) is 9.32. The van der Waals surface area contributed by atoms with Crippen LogP contribution in [0.5, 0.6) is 5.75 Å². The van der Waals surface area contributed by atoms with E-state index >= 15 is 0 Å². The van der Waals surface area contributed by atoms with Crippen molar-refractivity contribution < 1.29 is 4.74 Å². The molecule has 0 aliphatic carbocycles. The van der Waals surface area contributed by atoms with Gasteiger partial charge in [-0.2, -0.15) is 5.10 Å². The molecular weight excluding hydrogens is 501 g/mol. The normalized spacial score (nSPS) is 11.1. The van der Waals surface area contributed by atoms with Crippen LogP contribution in [0.1, 0.15) is 29.6 Å². The molecule has 0 atom stereocenters. The second-order valence-corrected chi connectivity index (χ2v) is 7.16. The maximum atomic E-state index is 5.18. The zero-order valence-corrected chi connectivity index (χ0v) is 19.9. The highest BCUT2D eigenvalue weighted by atomic mass is 127. The molecule has 0 aliphatic rings. The number of methoxy groups -OCH3 is 1. The first kappa shape index (κ1) is 23.1. The molecule has 0 unspecified atom stereocenters. The number of aromatic amines is 1. The van der Waals surface area contributed by atoms with Crippen LogP contribution in [0, 0.1) is 0 Å². The first-order valence-electron chi connectivity index (χ1n) is 9.23. The Balaban J connectivity index is 0.00000300. The van der Waals surface area contributed by atoms with Gasteiger partial charge in [-0.1, -0.05) is 6.92 Å². The first-order chi connectivity index (χ1) is 13.7. The summed E-state index contributed by atoms with van der Waals surface area (Å²) in [6.45, 7) is 5.98. The number of nitrogens with zero attached hydrogens (tertiary/aromatic N) is 4. The van der Waals surface area contributed by atoms with E-state index < -0.39 is 0 Å². The van der Waals surface area contributed by atoms with Gasteiger partial charge < -0.3 is 15.4 Å². The molecule has 8 nitrogen and oxygen atoms in total. The van der Waals surface area contributed by atoms with E-state index in [9.17, 15) is 0 Å². The van der Waals surface area contributed by atoms with Gasteiger partial charge in [-0.3, -0.25) is 5.10 Å². The van der Waals surface area contributed by atoms with Crippen LogP contribution in [0.25, 0.3) is 11.4 Å². The number of ether oxygens (including phenoxy) is 1. The molecule has 0 amide bonds. The number of hydrogen-bond donors (Lipinski definition) is 3. The van der Waals surface area contributed by atoms with Crippen LogP contribution in [-0.2, 0) is 19.5 Å². The summed E-state index contributed by atoms with van der Waals surface area (Å²) < 4.78 is 5.18. The van der Waals surface area contributed by atoms with Gasteiger partial charge in [0.05, 0.1) is 13.7 Å². The number of thiazole rings is 1. The van der Waals surface area contributed by atoms with Crippen molar-refractivity contribution >= 4 is 41.3 Å². The minimum atomic E-state index is 0. The average molecular weight is 527 g/mol. The number of benzene rings is 1.